The van der Waals surface area contributed by atoms with Crippen LogP contribution < -0.4 is 0 Å². The number of hydrogen-bond donors (Lipinski definition) is 1. The molecule has 94 valence electrons. The highest BCUT2D eigenvalue weighted by Crippen LogP contribution is 2.32. The molecule has 1 aromatic carbocycles. The second-order valence-electron chi connectivity index (χ2n) is 5.19. The van der Waals surface area contributed by atoms with Gasteiger partial charge in [0.25, 0.3) is 0 Å². The Morgan fingerprint density at radius 1 is 1.18 bits per heavy atom. The van der Waals surface area contributed by atoms with Gasteiger partial charge in [0.1, 0.15) is 5.75 Å². The molecule has 1 N–H and O–H groups in total. The van der Waals surface area contributed by atoms with Gasteiger partial charge in [-0.2, -0.15) is 0 Å². The Morgan fingerprint density at radius 3 is 2.47 bits per heavy atom. The van der Waals surface area contributed by atoms with Gasteiger partial charge in [0.15, 0.2) is 0 Å². The highest BCUT2D eigenvalue weighted by Gasteiger charge is 2.23. The number of rotatable bonds is 3. The molecule has 1 fully saturated rings. The van der Waals surface area contributed by atoms with Crippen LogP contribution in [0.15, 0.2) is 24.3 Å². The lowest BCUT2D eigenvalue weighted by Gasteiger charge is -2.36. The average molecular weight is 233 g/mol. The summed E-state index contributed by atoms with van der Waals surface area (Å²) in [5.41, 5.74) is 1.04. The zero-order valence-corrected chi connectivity index (χ0v) is 10.9. The number of phenols is 1. The molecule has 0 amide bonds. The van der Waals surface area contributed by atoms with Crippen molar-refractivity contribution in [3.63, 3.8) is 0 Å². The summed E-state index contributed by atoms with van der Waals surface area (Å²) in [6.07, 6.45) is 6.68. The summed E-state index contributed by atoms with van der Waals surface area (Å²) < 4.78 is 0. The quantitative estimate of drug-likeness (QED) is 0.860. The predicted octanol–water partition coefficient (Wildman–Crippen LogP) is 3.72. The minimum absolute atomic E-state index is 0.291. The summed E-state index contributed by atoms with van der Waals surface area (Å²) in [6, 6.07) is 8.66. The maximum absolute atomic E-state index is 9.90. The fraction of sp³-hybridized carbons (Fsp3) is 0.600. The number of aromatic hydroxyl groups is 1. The van der Waals surface area contributed by atoms with Crippen LogP contribution in [0.4, 0.5) is 0 Å². The lowest BCUT2D eigenvalue weighted by Crippen LogP contribution is -2.35. The molecular formula is C15H23NO. The molecule has 2 heteroatoms. The van der Waals surface area contributed by atoms with Crippen molar-refractivity contribution >= 4 is 0 Å². The first-order valence-corrected chi connectivity index (χ1v) is 6.70. The molecule has 0 spiro atoms. The molecule has 0 aliphatic heterocycles. The monoisotopic (exact) mass is 233 g/mol. The maximum atomic E-state index is 9.90. The Morgan fingerprint density at radius 2 is 1.82 bits per heavy atom. The van der Waals surface area contributed by atoms with Gasteiger partial charge < -0.3 is 5.11 Å². The van der Waals surface area contributed by atoms with Crippen molar-refractivity contribution in [3.05, 3.63) is 29.8 Å². The standard InChI is InChI=1S/C15H23NO/c1-12(14-10-6-7-11-15(14)17)16(2)13-8-4-3-5-9-13/h6-7,10-13,17H,3-5,8-9H2,1-2H3. The molecule has 17 heavy (non-hydrogen) atoms. The molecule has 0 bridgehead atoms. The summed E-state index contributed by atoms with van der Waals surface area (Å²) in [7, 11) is 2.19. The van der Waals surface area contributed by atoms with Gasteiger partial charge in [0.05, 0.1) is 0 Å². The first kappa shape index (κ1) is 12.4. The molecule has 1 unspecified atom stereocenters. The van der Waals surface area contributed by atoms with E-state index in [4.69, 9.17) is 0 Å². The molecule has 2 rings (SSSR count). The zero-order valence-electron chi connectivity index (χ0n) is 10.9. The van der Waals surface area contributed by atoms with Crippen molar-refractivity contribution in [1.82, 2.24) is 4.90 Å². The van der Waals surface area contributed by atoms with Crippen LogP contribution in [0, 0.1) is 0 Å². The van der Waals surface area contributed by atoms with E-state index >= 15 is 0 Å². The van der Waals surface area contributed by atoms with E-state index in [1.54, 1.807) is 6.07 Å². The highest BCUT2D eigenvalue weighted by molar-refractivity contribution is 5.34. The van der Waals surface area contributed by atoms with Crippen molar-refractivity contribution in [2.24, 2.45) is 0 Å². The van der Waals surface area contributed by atoms with E-state index < -0.39 is 0 Å². The largest absolute Gasteiger partial charge is 0.508 e. The number of phenolic OH excluding ortho intramolecular Hbond substituents is 1. The summed E-state index contributed by atoms with van der Waals surface area (Å²) in [4.78, 5) is 2.42. The third kappa shape index (κ3) is 2.81. The third-order valence-electron chi connectivity index (χ3n) is 4.15. The highest BCUT2D eigenvalue weighted by atomic mass is 16.3. The summed E-state index contributed by atoms with van der Waals surface area (Å²) in [5.74, 6) is 0.419. The van der Waals surface area contributed by atoms with Gasteiger partial charge in [0.2, 0.25) is 0 Å². The van der Waals surface area contributed by atoms with Crippen molar-refractivity contribution in [3.8, 4) is 5.75 Å². The molecular weight excluding hydrogens is 210 g/mol. The predicted molar refractivity (Wildman–Crippen MR) is 71.2 cm³/mol. The molecule has 1 aliphatic carbocycles. The first-order valence-electron chi connectivity index (χ1n) is 6.70. The Labute approximate surface area is 104 Å². The Hall–Kier alpha value is -1.02. The van der Waals surface area contributed by atoms with Crippen LogP contribution in [0.1, 0.15) is 50.6 Å². The molecule has 1 aromatic rings. The fourth-order valence-corrected chi connectivity index (χ4v) is 2.86. The lowest BCUT2D eigenvalue weighted by molar-refractivity contribution is 0.145. The molecule has 0 heterocycles. The number of benzene rings is 1. The van der Waals surface area contributed by atoms with E-state index in [1.807, 2.05) is 18.2 Å². The summed E-state index contributed by atoms with van der Waals surface area (Å²) in [5, 5.41) is 9.90. The van der Waals surface area contributed by atoms with Crippen LogP contribution >= 0.6 is 0 Å². The molecule has 1 atom stereocenters. The number of hydrogen-bond acceptors (Lipinski definition) is 2. The minimum Gasteiger partial charge on any atom is -0.508 e. The van der Waals surface area contributed by atoms with E-state index in [0.29, 0.717) is 17.8 Å². The molecule has 1 saturated carbocycles. The third-order valence-corrected chi connectivity index (χ3v) is 4.15. The van der Waals surface area contributed by atoms with Gasteiger partial charge in [-0.15, -0.1) is 0 Å². The van der Waals surface area contributed by atoms with Gasteiger partial charge in [-0.3, -0.25) is 4.90 Å². The molecule has 0 aromatic heterocycles. The average Bonchev–Trinajstić information content (AvgIpc) is 2.39. The zero-order chi connectivity index (χ0) is 12.3. The van der Waals surface area contributed by atoms with Crippen LogP contribution in [-0.4, -0.2) is 23.1 Å². The summed E-state index contributed by atoms with van der Waals surface area (Å²) >= 11 is 0. The van der Waals surface area contributed by atoms with Crippen molar-refractivity contribution in [2.45, 2.75) is 51.1 Å². The lowest BCUT2D eigenvalue weighted by atomic mass is 9.92. The van der Waals surface area contributed by atoms with Gasteiger partial charge in [0, 0.05) is 17.6 Å². The van der Waals surface area contributed by atoms with E-state index in [1.165, 1.54) is 32.1 Å². The first-order chi connectivity index (χ1) is 8.20. The van der Waals surface area contributed by atoms with Crippen LogP contribution in [0.5, 0.6) is 5.75 Å². The van der Waals surface area contributed by atoms with E-state index in [2.05, 4.69) is 18.9 Å². The van der Waals surface area contributed by atoms with Crippen LogP contribution in [0.2, 0.25) is 0 Å². The van der Waals surface area contributed by atoms with Crippen molar-refractivity contribution in [2.75, 3.05) is 7.05 Å². The summed E-state index contributed by atoms with van der Waals surface area (Å²) in [6.45, 7) is 2.18. The van der Waals surface area contributed by atoms with E-state index in [9.17, 15) is 5.11 Å². The van der Waals surface area contributed by atoms with E-state index in [0.717, 1.165) is 5.56 Å². The van der Waals surface area contributed by atoms with Gasteiger partial charge in [-0.05, 0) is 32.9 Å². The number of nitrogens with zero attached hydrogens (tertiary/aromatic N) is 1. The van der Waals surface area contributed by atoms with Crippen LogP contribution in [0.3, 0.4) is 0 Å². The Balaban J connectivity index is 2.08. The van der Waals surface area contributed by atoms with Crippen molar-refractivity contribution < 1.29 is 5.11 Å². The Bertz CT molecular complexity index is 358. The molecule has 2 nitrogen and oxygen atoms in total. The minimum atomic E-state index is 0.291. The van der Waals surface area contributed by atoms with Crippen LogP contribution in [0.25, 0.3) is 0 Å². The molecule has 1 aliphatic rings. The van der Waals surface area contributed by atoms with Crippen LogP contribution in [-0.2, 0) is 0 Å². The molecule has 0 saturated heterocycles. The topological polar surface area (TPSA) is 23.5 Å². The van der Waals surface area contributed by atoms with Gasteiger partial charge in [-0.25, -0.2) is 0 Å². The maximum Gasteiger partial charge on any atom is 0.120 e. The molecule has 0 radical (unpaired) electrons. The SMILES string of the molecule is CC(c1ccccc1O)N(C)C1CCCCC1. The van der Waals surface area contributed by atoms with Gasteiger partial charge in [-0.1, -0.05) is 37.5 Å². The second-order valence-corrected chi connectivity index (χ2v) is 5.19. The Kier molecular flexibility index (Phi) is 4.06. The second kappa shape index (κ2) is 5.54. The normalized spacial score (nSPS) is 19.5. The number of para-hydroxylation sites is 1. The van der Waals surface area contributed by atoms with Crippen molar-refractivity contribution in [1.29, 1.82) is 0 Å². The van der Waals surface area contributed by atoms with E-state index in [-0.39, 0.29) is 0 Å². The van der Waals surface area contributed by atoms with Gasteiger partial charge >= 0.3 is 0 Å². The smallest absolute Gasteiger partial charge is 0.120 e. The fourth-order valence-electron chi connectivity index (χ4n) is 2.86.